The predicted molar refractivity (Wildman–Crippen MR) is 75.0 cm³/mol. The summed E-state index contributed by atoms with van der Waals surface area (Å²) in [6, 6.07) is 7.15. The van der Waals surface area contributed by atoms with Gasteiger partial charge in [0.05, 0.1) is 18.7 Å². The van der Waals surface area contributed by atoms with E-state index in [4.69, 9.17) is 5.11 Å². The molecule has 0 spiro atoms. The minimum atomic E-state index is -0.296. The summed E-state index contributed by atoms with van der Waals surface area (Å²) in [5.41, 5.74) is 0.992. The Morgan fingerprint density at radius 1 is 1.37 bits per heavy atom. The Morgan fingerprint density at radius 3 is 2.74 bits per heavy atom. The lowest BCUT2D eigenvalue weighted by atomic mass is 10.1. The van der Waals surface area contributed by atoms with E-state index in [2.05, 4.69) is 4.99 Å². The molecule has 1 aromatic heterocycles. The summed E-state index contributed by atoms with van der Waals surface area (Å²) >= 11 is 0. The van der Waals surface area contributed by atoms with Crippen molar-refractivity contribution in [1.29, 1.82) is 0 Å². The van der Waals surface area contributed by atoms with Crippen LogP contribution < -0.4 is 5.56 Å². The Balaban J connectivity index is 2.79. The molecule has 0 radical (unpaired) electrons. The van der Waals surface area contributed by atoms with E-state index in [0.29, 0.717) is 16.6 Å². The molecular weight excluding hydrogens is 244 g/mol. The highest BCUT2D eigenvalue weighted by atomic mass is 16.3. The minimum Gasteiger partial charge on any atom is -0.506 e. The number of hydrogen-bond donors (Lipinski definition) is 2. The number of aliphatic hydroxyl groups excluding tert-OH is 1. The summed E-state index contributed by atoms with van der Waals surface area (Å²) in [7, 11) is 1.66. The van der Waals surface area contributed by atoms with Crippen LogP contribution in [0.3, 0.4) is 0 Å². The number of rotatable bonds is 3. The number of benzene rings is 1. The van der Waals surface area contributed by atoms with Crippen LogP contribution in [0, 0.1) is 0 Å². The number of aromatic nitrogens is 1. The number of hydrogen-bond acceptors (Lipinski definition) is 4. The molecule has 1 aromatic carbocycles. The van der Waals surface area contributed by atoms with Gasteiger partial charge < -0.3 is 14.8 Å². The molecule has 0 saturated carbocycles. The first-order valence-corrected chi connectivity index (χ1v) is 6.01. The quantitative estimate of drug-likeness (QED) is 0.810. The van der Waals surface area contributed by atoms with Crippen molar-refractivity contribution in [3.05, 3.63) is 40.2 Å². The van der Waals surface area contributed by atoms with Gasteiger partial charge in [-0.05, 0) is 19.1 Å². The number of pyridine rings is 1. The summed E-state index contributed by atoms with van der Waals surface area (Å²) in [6.07, 6.45) is 0. The number of aliphatic imine (C=N–C) groups is 1. The van der Waals surface area contributed by atoms with Gasteiger partial charge >= 0.3 is 0 Å². The molecule has 0 aliphatic carbocycles. The van der Waals surface area contributed by atoms with Crippen LogP contribution in [0.4, 0.5) is 0 Å². The second-order valence-electron chi connectivity index (χ2n) is 4.30. The Kier molecular flexibility index (Phi) is 3.66. The number of para-hydroxylation sites is 1. The van der Waals surface area contributed by atoms with E-state index < -0.39 is 0 Å². The van der Waals surface area contributed by atoms with Crippen LogP contribution in [0.1, 0.15) is 12.5 Å². The lowest BCUT2D eigenvalue weighted by Crippen LogP contribution is -2.24. The van der Waals surface area contributed by atoms with E-state index in [1.54, 1.807) is 32.2 Å². The zero-order valence-electron chi connectivity index (χ0n) is 10.9. The van der Waals surface area contributed by atoms with E-state index in [0.717, 1.165) is 0 Å². The van der Waals surface area contributed by atoms with Gasteiger partial charge in [0.25, 0.3) is 5.56 Å². The second kappa shape index (κ2) is 5.24. The average Bonchev–Trinajstić information content (AvgIpc) is 2.43. The maximum absolute atomic E-state index is 12.3. The van der Waals surface area contributed by atoms with Gasteiger partial charge in [0.2, 0.25) is 0 Å². The summed E-state index contributed by atoms with van der Waals surface area (Å²) < 4.78 is 1.49. The van der Waals surface area contributed by atoms with Crippen molar-refractivity contribution in [1.82, 2.24) is 4.57 Å². The van der Waals surface area contributed by atoms with Crippen LogP contribution in [-0.4, -0.2) is 33.6 Å². The molecule has 0 saturated heterocycles. The van der Waals surface area contributed by atoms with Crippen LogP contribution in [0.15, 0.2) is 34.1 Å². The highest BCUT2D eigenvalue weighted by Gasteiger charge is 2.16. The smallest absolute Gasteiger partial charge is 0.263 e. The first-order chi connectivity index (χ1) is 9.07. The SMILES string of the molecule is CC(=NCCO)c1c(O)c2ccccc2n(C)c1=O. The lowest BCUT2D eigenvalue weighted by Gasteiger charge is -2.11. The number of aliphatic hydroxyl groups is 1. The molecule has 1 heterocycles. The minimum absolute atomic E-state index is 0.0575. The normalized spacial score (nSPS) is 12.1. The van der Waals surface area contributed by atoms with Gasteiger partial charge in [-0.15, -0.1) is 0 Å². The third-order valence-corrected chi connectivity index (χ3v) is 3.09. The molecule has 0 unspecified atom stereocenters. The molecule has 2 aromatic rings. The number of nitrogens with zero attached hydrogens (tertiary/aromatic N) is 2. The number of aromatic hydroxyl groups is 1. The number of aryl methyl sites for hydroxylation is 1. The Labute approximate surface area is 110 Å². The standard InChI is InChI=1S/C14H16N2O3/c1-9(15-7-8-17)12-13(18)10-5-3-4-6-11(10)16(2)14(12)19/h3-6,17-18H,7-8H2,1-2H3. The van der Waals surface area contributed by atoms with Crippen LogP contribution in [0.2, 0.25) is 0 Å². The maximum Gasteiger partial charge on any atom is 0.263 e. The van der Waals surface area contributed by atoms with Gasteiger partial charge in [-0.3, -0.25) is 9.79 Å². The second-order valence-corrected chi connectivity index (χ2v) is 4.30. The van der Waals surface area contributed by atoms with Crippen LogP contribution in [0.25, 0.3) is 10.9 Å². The predicted octanol–water partition coefficient (Wildman–Crippen LogP) is 1.05. The van der Waals surface area contributed by atoms with Crippen LogP contribution in [0.5, 0.6) is 5.75 Å². The topological polar surface area (TPSA) is 74.8 Å². The average molecular weight is 260 g/mol. The van der Waals surface area contributed by atoms with Crippen molar-refractivity contribution in [3.63, 3.8) is 0 Å². The van der Waals surface area contributed by atoms with Crippen LogP contribution in [-0.2, 0) is 7.05 Å². The van der Waals surface area contributed by atoms with Crippen molar-refractivity contribution in [3.8, 4) is 5.75 Å². The van der Waals surface area contributed by atoms with E-state index in [-0.39, 0.29) is 30.0 Å². The fourth-order valence-corrected chi connectivity index (χ4v) is 2.10. The summed E-state index contributed by atoms with van der Waals surface area (Å²) in [5.74, 6) is -0.0575. The molecular formula is C14H16N2O3. The molecule has 0 bridgehead atoms. The Hall–Kier alpha value is -2.14. The van der Waals surface area contributed by atoms with Gasteiger partial charge in [0.15, 0.2) is 0 Å². The lowest BCUT2D eigenvalue weighted by molar-refractivity contribution is 0.307. The fourth-order valence-electron chi connectivity index (χ4n) is 2.10. The van der Waals surface area contributed by atoms with Gasteiger partial charge in [-0.25, -0.2) is 0 Å². The molecule has 5 heteroatoms. The van der Waals surface area contributed by atoms with E-state index in [1.807, 2.05) is 6.07 Å². The van der Waals surface area contributed by atoms with Crippen molar-refractivity contribution in [2.24, 2.45) is 12.0 Å². The van der Waals surface area contributed by atoms with E-state index in [9.17, 15) is 9.90 Å². The van der Waals surface area contributed by atoms with Crippen molar-refractivity contribution < 1.29 is 10.2 Å². The highest BCUT2D eigenvalue weighted by Crippen LogP contribution is 2.25. The van der Waals surface area contributed by atoms with Gasteiger partial charge in [-0.1, -0.05) is 12.1 Å². The zero-order valence-corrected chi connectivity index (χ0v) is 10.9. The third kappa shape index (κ3) is 2.24. The molecule has 0 atom stereocenters. The third-order valence-electron chi connectivity index (χ3n) is 3.09. The first-order valence-electron chi connectivity index (χ1n) is 6.01. The molecule has 100 valence electrons. The zero-order chi connectivity index (χ0) is 14.0. The van der Waals surface area contributed by atoms with E-state index >= 15 is 0 Å². The highest BCUT2D eigenvalue weighted by molar-refractivity contribution is 6.05. The first kappa shape index (κ1) is 13.3. The largest absolute Gasteiger partial charge is 0.506 e. The van der Waals surface area contributed by atoms with Crippen molar-refractivity contribution >= 4 is 16.6 Å². The summed E-state index contributed by atoms with van der Waals surface area (Å²) in [6.45, 7) is 1.77. The Morgan fingerprint density at radius 2 is 2.05 bits per heavy atom. The van der Waals surface area contributed by atoms with Crippen LogP contribution >= 0.6 is 0 Å². The van der Waals surface area contributed by atoms with Gasteiger partial charge in [-0.2, -0.15) is 0 Å². The maximum atomic E-state index is 12.3. The monoisotopic (exact) mass is 260 g/mol. The molecule has 2 rings (SSSR count). The molecule has 2 N–H and O–H groups in total. The molecule has 0 aliphatic heterocycles. The van der Waals surface area contributed by atoms with E-state index in [1.165, 1.54) is 4.57 Å². The fraction of sp³-hybridized carbons (Fsp3) is 0.286. The summed E-state index contributed by atoms with van der Waals surface area (Å²) in [5, 5.41) is 19.7. The summed E-state index contributed by atoms with van der Waals surface area (Å²) in [4.78, 5) is 16.3. The molecule has 0 fully saturated rings. The van der Waals surface area contributed by atoms with Gasteiger partial charge in [0, 0.05) is 18.1 Å². The molecule has 5 nitrogen and oxygen atoms in total. The van der Waals surface area contributed by atoms with Crippen molar-refractivity contribution in [2.45, 2.75) is 6.92 Å². The van der Waals surface area contributed by atoms with Gasteiger partial charge in [0.1, 0.15) is 11.3 Å². The molecule has 0 amide bonds. The molecule has 19 heavy (non-hydrogen) atoms. The Bertz CT molecular complexity index is 702. The molecule has 0 aliphatic rings. The van der Waals surface area contributed by atoms with Crippen molar-refractivity contribution in [2.75, 3.05) is 13.2 Å². The number of fused-ring (bicyclic) bond motifs is 1.